The Morgan fingerprint density at radius 3 is 2.69 bits per heavy atom. The van der Waals surface area contributed by atoms with Crippen LogP contribution in [0.5, 0.6) is 0 Å². The van der Waals surface area contributed by atoms with Gasteiger partial charge in [-0.15, -0.1) is 0 Å². The first-order chi connectivity index (χ1) is 15.2. The highest BCUT2D eigenvalue weighted by Crippen LogP contribution is 2.29. The van der Waals surface area contributed by atoms with Crippen molar-refractivity contribution in [1.82, 2.24) is 24.8 Å². The van der Waals surface area contributed by atoms with Gasteiger partial charge in [0.05, 0.1) is 24.2 Å². The first-order valence-corrected chi connectivity index (χ1v) is 10.7. The Labute approximate surface area is 190 Å². The van der Waals surface area contributed by atoms with E-state index in [2.05, 4.69) is 26.8 Å². The summed E-state index contributed by atoms with van der Waals surface area (Å²) < 4.78 is 45.7. The number of hydrogen-bond acceptors (Lipinski definition) is 5. The highest BCUT2D eigenvalue weighted by atomic mass is 35.5. The van der Waals surface area contributed by atoms with Crippen molar-refractivity contribution in [3.8, 4) is 0 Å². The second-order valence-corrected chi connectivity index (χ2v) is 7.06. The van der Waals surface area contributed by atoms with Crippen LogP contribution in [0.4, 0.5) is 13.2 Å². The van der Waals surface area contributed by atoms with Crippen molar-refractivity contribution < 1.29 is 17.9 Å². The van der Waals surface area contributed by atoms with E-state index in [9.17, 15) is 13.2 Å². The number of unbranched alkanes of at least 4 members (excludes halogenated alkanes) is 1. The van der Waals surface area contributed by atoms with E-state index in [0.29, 0.717) is 30.2 Å². The molecule has 0 radical (unpaired) electrons. The molecule has 0 saturated heterocycles. The molecule has 0 fully saturated rings. The van der Waals surface area contributed by atoms with Crippen LogP contribution < -0.4 is 5.32 Å². The fourth-order valence-corrected chi connectivity index (χ4v) is 3.11. The maximum absolute atomic E-state index is 12.8. The number of nitrogens with zero attached hydrogens (tertiary/aromatic N) is 4. The molecule has 0 aliphatic heterocycles. The molecule has 0 amide bonds. The minimum atomic E-state index is -4.36. The van der Waals surface area contributed by atoms with Crippen molar-refractivity contribution in [1.29, 1.82) is 0 Å². The van der Waals surface area contributed by atoms with Crippen LogP contribution in [0.3, 0.4) is 0 Å². The Hall–Kier alpha value is -2.81. The molecule has 2 aromatic heterocycles. The summed E-state index contributed by atoms with van der Waals surface area (Å²) >= 11 is 5.92. The van der Waals surface area contributed by atoms with E-state index in [-0.39, 0.29) is 11.8 Å². The van der Waals surface area contributed by atoms with Gasteiger partial charge in [0, 0.05) is 13.1 Å². The largest absolute Gasteiger partial charge is 0.480 e. The number of fused-ring (bicyclic) bond motifs is 1. The fourth-order valence-electron chi connectivity index (χ4n) is 2.90. The number of hydrogen-bond donors (Lipinski definition) is 1. The second kappa shape index (κ2) is 11.7. The van der Waals surface area contributed by atoms with Gasteiger partial charge in [-0.3, -0.25) is 0 Å². The summed E-state index contributed by atoms with van der Waals surface area (Å²) in [5.41, 5.74) is 1.97. The maximum Gasteiger partial charge on any atom is 0.416 e. The topological polar surface area (TPSA) is 64.9 Å². The molecule has 0 saturated carbocycles. The zero-order valence-corrected chi connectivity index (χ0v) is 19.1. The number of alkyl halides is 3. The van der Waals surface area contributed by atoms with Crippen molar-refractivity contribution in [3.05, 3.63) is 65.2 Å². The number of halogens is 4. The quantitative estimate of drug-likeness (QED) is 0.240. The molecule has 32 heavy (non-hydrogen) atoms. The molecular formula is C22H27ClF3N5O. The van der Waals surface area contributed by atoms with Gasteiger partial charge in [0.25, 0.3) is 0 Å². The number of aromatic nitrogens is 4. The van der Waals surface area contributed by atoms with Crippen LogP contribution in [0, 0.1) is 6.92 Å². The SMILES string of the molecule is C=C(NCc1cccc(C(F)(F)F)c1)OCCCCn1cnc2c(C)nc(Cl)nc21.CC. The van der Waals surface area contributed by atoms with Crippen LogP contribution >= 0.6 is 11.6 Å². The number of nitrogens with one attached hydrogen (secondary N) is 1. The molecule has 0 unspecified atom stereocenters. The minimum Gasteiger partial charge on any atom is -0.480 e. The average Bonchev–Trinajstić information content (AvgIpc) is 3.16. The molecular weight excluding hydrogens is 443 g/mol. The van der Waals surface area contributed by atoms with Gasteiger partial charge in [-0.05, 0) is 55.6 Å². The van der Waals surface area contributed by atoms with Gasteiger partial charge in [-0.2, -0.15) is 18.2 Å². The molecule has 0 aliphatic rings. The predicted molar refractivity (Wildman–Crippen MR) is 119 cm³/mol. The molecule has 6 nitrogen and oxygen atoms in total. The predicted octanol–water partition coefficient (Wildman–Crippen LogP) is 5.89. The van der Waals surface area contributed by atoms with E-state index in [1.54, 1.807) is 12.4 Å². The van der Waals surface area contributed by atoms with Gasteiger partial charge in [0.15, 0.2) is 11.5 Å². The summed E-state index contributed by atoms with van der Waals surface area (Å²) in [6, 6.07) is 5.14. The minimum absolute atomic E-state index is 0.188. The Morgan fingerprint density at radius 1 is 1.22 bits per heavy atom. The molecule has 0 atom stereocenters. The van der Waals surface area contributed by atoms with Crippen molar-refractivity contribution in [2.75, 3.05) is 6.61 Å². The van der Waals surface area contributed by atoms with Crippen LogP contribution in [0.2, 0.25) is 5.28 Å². The molecule has 3 rings (SSSR count). The van der Waals surface area contributed by atoms with E-state index < -0.39 is 11.7 Å². The van der Waals surface area contributed by atoms with Crippen LogP contribution in [-0.4, -0.2) is 26.1 Å². The van der Waals surface area contributed by atoms with E-state index in [0.717, 1.165) is 36.2 Å². The summed E-state index contributed by atoms with van der Waals surface area (Å²) in [4.78, 5) is 12.6. The van der Waals surface area contributed by atoms with Gasteiger partial charge >= 0.3 is 6.18 Å². The number of rotatable bonds is 9. The third-order valence-corrected chi connectivity index (χ3v) is 4.59. The summed E-state index contributed by atoms with van der Waals surface area (Å²) in [5, 5.41) is 3.08. The average molecular weight is 470 g/mol. The molecule has 1 N–H and O–H groups in total. The summed E-state index contributed by atoms with van der Waals surface area (Å²) in [6.45, 7) is 10.9. The molecule has 174 valence electrons. The third kappa shape index (κ3) is 7.12. The normalized spacial score (nSPS) is 11.1. The first kappa shape index (κ1) is 25.5. The molecule has 2 heterocycles. The lowest BCUT2D eigenvalue weighted by molar-refractivity contribution is -0.137. The van der Waals surface area contributed by atoms with Gasteiger partial charge in [-0.1, -0.05) is 26.0 Å². The summed E-state index contributed by atoms with van der Waals surface area (Å²) in [7, 11) is 0. The highest BCUT2D eigenvalue weighted by Gasteiger charge is 2.30. The van der Waals surface area contributed by atoms with E-state index in [4.69, 9.17) is 16.3 Å². The lowest BCUT2D eigenvalue weighted by Gasteiger charge is -2.13. The lowest BCUT2D eigenvalue weighted by atomic mass is 10.1. The zero-order valence-electron chi connectivity index (χ0n) is 18.3. The first-order valence-electron chi connectivity index (χ1n) is 10.3. The van der Waals surface area contributed by atoms with Gasteiger partial charge in [-0.25, -0.2) is 9.97 Å². The third-order valence-electron chi connectivity index (χ3n) is 4.42. The Morgan fingerprint density at radius 2 is 1.97 bits per heavy atom. The van der Waals surface area contributed by atoms with E-state index in [1.807, 2.05) is 25.3 Å². The van der Waals surface area contributed by atoms with Gasteiger partial charge in [0.1, 0.15) is 5.52 Å². The number of benzene rings is 1. The van der Waals surface area contributed by atoms with Crippen molar-refractivity contribution >= 4 is 22.8 Å². The van der Waals surface area contributed by atoms with Crippen LogP contribution in [0.25, 0.3) is 11.2 Å². The molecule has 1 aromatic carbocycles. The number of imidazole rings is 1. The second-order valence-electron chi connectivity index (χ2n) is 6.72. The lowest BCUT2D eigenvalue weighted by Crippen LogP contribution is -2.15. The van der Waals surface area contributed by atoms with Crippen molar-refractivity contribution in [2.24, 2.45) is 0 Å². The fraction of sp³-hybridized carbons (Fsp3) is 0.409. The molecule has 0 spiro atoms. The molecule has 10 heteroatoms. The van der Waals surface area contributed by atoms with Crippen LogP contribution in [0.1, 0.15) is 43.5 Å². The maximum atomic E-state index is 12.8. The Bertz CT molecular complexity index is 1040. The molecule has 0 aliphatic carbocycles. The molecule has 3 aromatic rings. The zero-order chi connectivity index (χ0) is 23.7. The summed E-state index contributed by atoms with van der Waals surface area (Å²) in [6.07, 6.45) is -1.09. The Kier molecular flexibility index (Phi) is 9.31. The van der Waals surface area contributed by atoms with E-state index in [1.165, 1.54) is 6.07 Å². The van der Waals surface area contributed by atoms with Crippen molar-refractivity contribution in [3.63, 3.8) is 0 Å². The summed E-state index contributed by atoms with van der Waals surface area (Å²) in [5.74, 6) is 0.315. The van der Waals surface area contributed by atoms with Crippen LogP contribution in [-0.2, 0) is 24.0 Å². The molecule has 0 bridgehead atoms. The van der Waals surface area contributed by atoms with E-state index >= 15 is 0 Å². The van der Waals surface area contributed by atoms with Gasteiger partial charge < -0.3 is 14.6 Å². The highest BCUT2D eigenvalue weighted by molar-refractivity contribution is 6.28. The van der Waals surface area contributed by atoms with Crippen LogP contribution in [0.15, 0.2) is 43.1 Å². The van der Waals surface area contributed by atoms with Crippen molar-refractivity contribution in [2.45, 2.75) is 52.9 Å². The monoisotopic (exact) mass is 469 g/mol. The number of ether oxygens (including phenoxy) is 1. The smallest absolute Gasteiger partial charge is 0.416 e. The Balaban J connectivity index is 0.00000176. The standard InChI is InChI=1S/C20H21ClF3N5O.C2H6/c1-13-17-18(28-19(21)27-13)29(12-26-17)8-3-4-9-30-14(2)25-11-15-6-5-7-16(10-15)20(22,23)24;1-2/h5-7,10,12,25H,2-4,8-9,11H2,1H3;1-2H3. The van der Waals surface area contributed by atoms with Gasteiger partial charge in [0.2, 0.25) is 5.28 Å². The number of aryl methyl sites for hydroxylation is 2.